The fourth-order valence-electron chi connectivity index (χ4n) is 0.729. The zero-order valence-corrected chi connectivity index (χ0v) is 5.19. The first-order valence-electron chi connectivity index (χ1n) is 3.35. The molecule has 2 N–H and O–H groups in total. The van der Waals surface area contributed by atoms with Crippen LogP contribution in [0.15, 0.2) is 24.3 Å². The smallest absolute Gasteiger partial charge is 0.313 e. The van der Waals surface area contributed by atoms with Gasteiger partial charge in [-0.3, -0.25) is 4.79 Å². The van der Waals surface area contributed by atoms with E-state index in [2.05, 4.69) is 0 Å². The van der Waals surface area contributed by atoms with Crippen LogP contribution in [0.25, 0.3) is 0 Å². The molecule has 0 saturated heterocycles. The maximum atomic E-state index is 10.5. The van der Waals surface area contributed by atoms with Crippen LogP contribution < -0.4 is 0 Å². The summed E-state index contributed by atoms with van der Waals surface area (Å²) in [6.45, 7) is 0. The van der Waals surface area contributed by atoms with Crippen LogP contribution in [0.3, 0.4) is 0 Å². The largest absolute Gasteiger partial charge is 0.481 e. The number of carbonyl (C=O) groups is 1. The Kier molecular flexibility index (Phi) is 1.51. The Morgan fingerprint density at radius 3 is 2.50 bits per heavy atom. The molecule has 0 aromatic heterocycles. The molecule has 0 heterocycles. The predicted molar refractivity (Wildman–Crippen MR) is 35.4 cm³/mol. The zero-order chi connectivity index (χ0) is 8.48. The number of hydrogen-bond acceptors (Lipinski definition) is 2. The van der Waals surface area contributed by atoms with Gasteiger partial charge in [-0.15, -0.1) is 0 Å². The van der Waals surface area contributed by atoms with Crippen molar-refractivity contribution >= 4 is 5.97 Å². The van der Waals surface area contributed by atoms with E-state index in [-0.39, 0.29) is 0 Å². The summed E-state index contributed by atoms with van der Waals surface area (Å²) in [5.74, 6) is -3.25. The molecule has 0 spiro atoms. The third-order valence-corrected chi connectivity index (χ3v) is 1.25. The summed E-state index contributed by atoms with van der Waals surface area (Å²) in [7, 11) is 0. The second-order valence-corrected chi connectivity index (χ2v) is 1.95. The fraction of sp³-hybridized carbons (Fsp3) is 0.286. The Labute approximate surface area is 59.7 Å². The summed E-state index contributed by atoms with van der Waals surface area (Å²) in [6.07, 6.45) is 4.13. The van der Waals surface area contributed by atoms with E-state index in [1.807, 2.05) is 0 Å². The molecule has 0 saturated carbocycles. The van der Waals surface area contributed by atoms with Crippen LogP contribution >= 0.6 is 0 Å². The SMILES string of the molecule is [2H]C1(C(=O)O)C=CC=CC1O. The molecule has 2 unspecified atom stereocenters. The Balaban J connectivity index is 2.94. The first-order chi connectivity index (χ1) is 5.07. The van der Waals surface area contributed by atoms with Crippen molar-refractivity contribution < 1.29 is 16.4 Å². The molecule has 1 rings (SSSR count). The van der Waals surface area contributed by atoms with Gasteiger partial charge in [0.2, 0.25) is 0 Å². The molecule has 1 aliphatic carbocycles. The second-order valence-electron chi connectivity index (χ2n) is 1.95. The molecule has 0 radical (unpaired) electrons. The highest BCUT2D eigenvalue weighted by molar-refractivity contribution is 5.73. The minimum absolute atomic E-state index is 1.15. The lowest BCUT2D eigenvalue weighted by Gasteiger charge is -2.13. The molecule has 0 aromatic rings. The van der Waals surface area contributed by atoms with Gasteiger partial charge < -0.3 is 10.2 Å². The van der Waals surface area contributed by atoms with E-state index in [0.29, 0.717) is 0 Å². The monoisotopic (exact) mass is 141 g/mol. The van der Waals surface area contributed by atoms with E-state index in [4.69, 9.17) is 11.6 Å². The molecule has 0 aromatic carbocycles. The van der Waals surface area contributed by atoms with E-state index in [9.17, 15) is 4.79 Å². The number of rotatable bonds is 1. The van der Waals surface area contributed by atoms with Crippen molar-refractivity contribution in [2.45, 2.75) is 6.10 Å². The molecule has 0 bridgehead atoms. The number of carboxylic acids is 1. The Morgan fingerprint density at radius 2 is 2.10 bits per heavy atom. The third kappa shape index (κ3) is 1.25. The van der Waals surface area contributed by atoms with E-state index >= 15 is 0 Å². The Hall–Kier alpha value is -1.09. The van der Waals surface area contributed by atoms with Crippen LogP contribution in [0.1, 0.15) is 1.37 Å². The van der Waals surface area contributed by atoms with E-state index < -0.39 is 18.0 Å². The highest BCUT2D eigenvalue weighted by atomic mass is 16.4. The molecule has 3 heteroatoms. The van der Waals surface area contributed by atoms with E-state index in [0.717, 1.165) is 6.08 Å². The predicted octanol–water partition coefficient (Wildman–Crippen LogP) is 0.174. The highest BCUT2D eigenvalue weighted by Crippen LogP contribution is 2.11. The average molecular weight is 141 g/mol. The van der Waals surface area contributed by atoms with Crippen LogP contribution in [0.2, 0.25) is 0 Å². The van der Waals surface area contributed by atoms with Gasteiger partial charge in [-0.05, 0) is 0 Å². The zero-order valence-electron chi connectivity index (χ0n) is 6.19. The van der Waals surface area contributed by atoms with Crippen molar-refractivity contribution in [3.05, 3.63) is 24.3 Å². The number of aliphatic hydroxyl groups is 1. The van der Waals surface area contributed by atoms with E-state index in [1.54, 1.807) is 0 Å². The number of carboxylic acid groups (broad SMARTS) is 1. The van der Waals surface area contributed by atoms with Gasteiger partial charge in [0.1, 0.15) is 5.89 Å². The standard InChI is InChI=1S/C7H8O3/c8-6-4-2-1-3-5(6)7(9)10/h1-6,8H,(H,9,10)/i5D. The van der Waals surface area contributed by atoms with Gasteiger partial charge in [0.25, 0.3) is 0 Å². The summed E-state index contributed by atoms with van der Waals surface area (Å²) in [5.41, 5.74) is 0. The van der Waals surface area contributed by atoms with Crippen molar-refractivity contribution in [1.82, 2.24) is 0 Å². The van der Waals surface area contributed by atoms with E-state index in [1.165, 1.54) is 18.2 Å². The highest BCUT2D eigenvalue weighted by Gasteiger charge is 2.22. The number of hydrogen-bond donors (Lipinski definition) is 2. The summed E-state index contributed by atoms with van der Waals surface area (Å²) in [6, 6.07) is 0. The van der Waals surface area contributed by atoms with Gasteiger partial charge >= 0.3 is 5.97 Å². The lowest BCUT2D eigenvalue weighted by atomic mass is 9.98. The van der Waals surface area contributed by atoms with Crippen LogP contribution in [0, 0.1) is 5.89 Å². The minimum Gasteiger partial charge on any atom is -0.481 e. The first kappa shape index (κ1) is 5.68. The lowest BCUT2D eigenvalue weighted by molar-refractivity contribution is -0.142. The maximum absolute atomic E-state index is 10.5. The number of aliphatic carboxylic acids is 1. The van der Waals surface area contributed by atoms with Gasteiger partial charge in [0.05, 0.1) is 6.10 Å². The van der Waals surface area contributed by atoms with Crippen LogP contribution in [-0.4, -0.2) is 22.3 Å². The second kappa shape index (κ2) is 2.66. The van der Waals surface area contributed by atoms with Crippen molar-refractivity contribution in [3.8, 4) is 0 Å². The van der Waals surface area contributed by atoms with Crippen LogP contribution in [0.5, 0.6) is 0 Å². The normalized spacial score (nSPS) is 39.3. The quantitative estimate of drug-likeness (QED) is 0.547. The summed E-state index contributed by atoms with van der Waals surface area (Å²) < 4.78 is 7.29. The molecule has 2 atom stereocenters. The van der Waals surface area contributed by atoms with Crippen molar-refractivity contribution in [2.24, 2.45) is 5.89 Å². The molecule has 3 nitrogen and oxygen atoms in total. The molecular formula is C7H8O3. The summed E-state index contributed by atoms with van der Waals surface area (Å²) >= 11 is 0. The van der Waals surface area contributed by atoms with Crippen molar-refractivity contribution in [1.29, 1.82) is 0 Å². The maximum Gasteiger partial charge on any atom is 0.313 e. The van der Waals surface area contributed by atoms with Crippen LogP contribution in [0.4, 0.5) is 0 Å². The topological polar surface area (TPSA) is 57.5 Å². The Morgan fingerprint density at radius 1 is 1.50 bits per heavy atom. The minimum atomic E-state index is -1.91. The van der Waals surface area contributed by atoms with Crippen molar-refractivity contribution in [3.63, 3.8) is 0 Å². The van der Waals surface area contributed by atoms with Gasteiger partial charge in [0.15, 0.2) is 0 Å². The molecule has 54 valence electrons. The molecule has 1 aliphatic rings. The molecule has 0 amide bonds. The number of allylic oxidation sites excluding steroid dienone is 2. The van der Waals surface area contributed by atoms with Gasteiger partial charge in [0, 0.05) is 1.37 Å². The third-order valence-electron chi connectivity index (χ3n) is 1.25. The van der Waals surface area contributed by atoms with Gasteiger partial charge in [-0.1, -0.05) is 24.3 Å². The molecular weight excluding hydrogens is 132 g/mol. The molecule has 0 aliphatic heterocycles. The first-order valence-corrected chi connectivity index (χ1v) is 2.85. The lowest BCUT2D eigenvalue weighted by Crippen LogP contribution is -2.25. The van der Waals surface area contributed by atoms with Crippen LogP contribution in [-0.2, 0) is 4.79 Å². The van der Waals surface area contributed by atoms with Crippen molar-refractivity contribution in [2.75, 3.05) is 0 Å². The molecule has 0 fully saturated rings. The molecule has 10 heavy (non-hydrogen) atoms. The Bertz CT molecular complexity index is 234. The van der Waals surface area contributed by atoms with Gasteiger partial charge in [-0.25, -0.2) is 0 Å². The van der Waals surface area contributed by atoms with Gasteiger partial charge in [-0.2, -0.15) is 0 Å². The summed E-state index contributed by atoms with van der Waals surface area (Å²) in [5, 5.41) is 17.6. The fourth-order valence-corrected chi connectivity index (χ4v) is 0.729. The number of aliphatic hydroxyl groups excluding tert-OH is 1. The summed E-state index contributed by atoms with van der Waals surface area (Å²) in [4.78, 5) is 10.5. The average Bonchev–Trinajstić information content (AvgIpc) is 1.95.